The molecular formula is C12H16N2O2S3. The van der Waals surface area contributed by atoms with Gasteiger partial charge >= 0.3 is 0 Å². The number of aryl methyl sites for hydroxylation is 2. The average Bonchev–Trinajstić information content (AvgIpc) is 2.59. The van der Waals surface area contributed by atoms with Crippen LogP contribution in [-0.2, 0) is 17.3 Å². The molecule has 0 fully saturated rings. The van der Waals surface area contributed by atoms with Gasteiger partial charge in [-0.1, -0.05) is 0 Å². The first-order valence-electron chi connectivity index (χ1n) is 5.94. The molecule has 104 valence electrons. The fourth-order valence-corrected chi connectivity index (χ4v) is 3.92. The molecule has 2 heterocycles. The van der Waals surface area contributed by atoms with Crippen molar-refractivity contribution >= 4 is 44.6 Å². The van der Waals surface area contributed by atoms with Crippen molar-refractivity contribution in [3.63, 3.8) is 0 Å². The molecule has 0 aliphatic carbocycles. The predicted molar refractivity (Wildman–Crippen MR) is 84.3 cm³/mol. The number of hydrogen-bond acceptors (Lipinski definition) is 4. The van der Waals surface area contributed by atoms with Crippen LogP contribution in [0, 0.1) is 18.6 Å². The predicted octanol–water partition coefficient (Wildman–Crippen LogP) is 2.51. The molecule has 1 N–H and O–H groups in total. The minimum absolute atomic E-state index is 0.0394. The lowest BCUT2D eigenvalue weighted by molar-refractivity contribution is 0.633. The smallest absolute Gasteiger partial charge is 0.263 e. The molecule has 0 radical (unpaired) electrons. The van der Waals surface area contributed by atoms with Crippen molar-refractivity contribution in [2.24, 2.45) is 0 Å². The van der Waals surface area contributed by atoms with Crippen LogP contribution in [0.2, 0.25) is 0 Å². The third kappa shape index (κ3) is 2.88. The standard InChI is InChI=1S/C12H16N2O2S3/c1-7-8(2)18-10-9(7)11(15)14(12(17)13-10)5-4-6-19(3)16/h4-6H2,1-3H3,(H,13,17). The van der Waals surface area contributed by atoms with Crippen LogP contribution in [0.3, 0.4) is 0 Å². The number of H-pyrrole nitrogens is 1. The third-order valence-electron chi connectivity index (χ3n) is 3.12. The lowest BCUT2D eigenvalue weighted by Crippen LogP contribution is -2.23. The van der Waals surface area contributed by atoms with E-state index in [0.717, 1.165) is 20.7 Å². The zero-order valence-electron chi connectivity index (χ0n) is 11.1. The quantitative estimate of drug-likeness (QED) is 0.882. The van der Waals surface area contributed by atoms with E-state index in [9.17, 15) is 9.00 Å². The fraction of sp³-hybridized carbons (Fsp3) is 0.500. The SMILES string of the molecule is Cc1sc2[nH]c(=S)n(CCCS(C)=O)c(=O)c2c1C. The van der Waals surface area contributed by atoms with Gasteiger partial charge in [-0.3, -0.25) is 13.6 Å². The lowest BCUT2D eigenvalue weighted by atomic mass is 10.2. The number of nitrogens with one attached hydrogen (secondary N) is 1. The first kappa shape index (κ1) is 14.6. The molecule has 0 saturated heterocycles. The van der Waals surface area contributed by atoms with E-state index in [4.69, 9.17) is 12.2 Å². The molecule has 0 amide bonds. The molecule has 0 aromatic carbocycles. The summed E-state index contributed by atoms with van der Waals surface area (Å²) in [6.45, 7) is 4.47. The summed E-state index contributed by atoms with van der Waals surface area (Å²) in [5.41, 5.74) is 0.978. The molecule has 1 atom stereocenters. The van der Waals surface area contributed by atoms with Crippen LogP contribution >= 0.6 is 23.6 Å². The topological polar surface area (TPSA) is 54.9 Å². The molecular weight excluding hydrogens is 300 g/mol. The van der Waals surface area contributed by atoms with Crippen molar-refractivity contribution in [2.45, 2.75) is 26.8 Å². The van der Waals surface area contributed by atoms with Crippen LogP contribution in [0.25, 0.3) is 10.2 Å². The highest BCUT2D eigenvalue weighted by Crippen LogP contribution is 2.25. The summed E-state index contributed by atoms with van der Waals surface area (Å²) >= 11 is 6.80. The molecule has 0 saturated carbocycles. The number of fused-ring (bicyclic) bond motifs is 1. The van der Waals surface area contributed by atoms with Gasteiger partial charge in [0.05, 0.1) is 5.39 Å². The van der Waals surface area contributed by atoms with E-state index in [2.05, 4.69) is 4.98 Å². The molecule has 0 aliphatic rings. The first-order chi connectivity index (χ1) is 8.91. The van der Waals surface area contributed by atoms with Crippen LogP contribution in [-0.4, -0.2) is 25.8 Å². The molecule has 2 aromatic rings. The fourth-order valence-electron chi connectivity index (χ4n) is 1.99. The molecule has 0 spiro atoms. The van der Waals surface area contributed by atoms with Gasteiger partial charge < -0.3 is 4.98 Å². The summed E-state index contributed by atoms with van der Waals surface area (Å²) in [4.78, 5) is 17.6. The van der Waals surface area contributed by atoms with Gasteiger partial charge in [-0.15, -0.1) is 11.3 Å². The van der Waals surface area contributed by atoms with Gasteiger partial charge in [0.2, 0.25) is 0 Å². The van der Waals surface area contributed by atoms with E-state index in [1.807, 2.05) is 13.8 Å². The van der Waals surface area contributed by atoms with Gasteiger partial charge in [0.25, 0.3) is 5.56 Å². The van der Waals surface area contributed by atoms with E-state index >= 15 is 0 Å². The van der Waals surface area contributed by atoms with Gasteiger partial charge in [0.15, 0.2) is 4.77 Å². The molecule has 0 aliphatic heterocycles. The van der Waals surface area contributed by atoms with Crippen LogP contribution in [0.15, 0.2) is 4.79 Å². The maximum Gasteiger partial charge on any atom is 0.263 e. The normalized spacial score (nSPS) is 13.0. The summed E-state index contributed by atoms with van der Waals surface area (Å²) < 4.78 is 13.1. The van der Waals surface area contributed by atoms with Crippen LogP contribution in [0.4, 0.5) is 0 Å². The Balaban J connectivity index is 2.50. The van der Waals surface area contributed by atoms with E-state index < -0.39 is 10.8 Å². The second kappa shape index (κ2) is 5.68. The summed E-state index contributed by atoms with van der Waals surface area (Å²) in [5.74, 6) is 0.584. The highest BCUT2D eigenvalue weighted by Gasteiger charge is 2.12. The van der Waals surface area contributed by atoms with Gasteiger partial charge in [-0.25, -0.2) is 0 Å². The summed E-state index contributed by atoms with van der Waals surface area (Å²) in [6.07, 6.45) is 2.35. The molecule has 7 heteroatoms. The summed E-state index contributed by atoms with van der Waals surface area (Å²) in [6, 6.07) is 0. The van der Waals surface area contributed by atoms with Crippen molar-refractivity contribution in [2.75, 3.05) is 12.0 Å². The van der Waals surface area contributed by atoms with Gasteiger partial charge in [0.1, 0.15) is 4.83 Å². The molecule has 4 nitrogen and oxygen atoms in total. The Hall–Kier alpha value is -0.790. The minimum atomic E-state index is -0.837. The molecule has 1 unspecified atom stereocenters. The van der Waals surface area contributed by atoms with Gasteiger partial charge in [-0.05, 0) is 38.0 Å². The summed E-state index contributed by atoms with van der Waals surface area (Å²) in [7, 11) is -0.837. The average molecular weight is 316 g/mol. The lowest BCUT2D eigenvalue weighted by Gasteiger charge is -2.06. The molecule has 2 aromatic heterocycles. The number of thiophene rings is 1. The Bertz CT molecular complexity index is 755. The number of rotatable bonds is 4. The zero-order valence-corrected chi connectivity index (χ0v) is 13.6. The highest BCUT2D eigenvalue weighted by atomic mass is 32.2. The Morgan fingerprint density at radius 3 is 2.74 bits per heavy atom. The van der Waals surface area contributed by atoms with Crippen molar-refractivity contribution in [3.05, 3.63) is 25.6 Å². The van der Waals surface area contributed by atoms with Gasteiger partial charge in [-0.2, -0.15) is 0 Å². The maximum atomic E-state index is 12.5. The van der Waals surface area contributed by atoms with E-state index in [0.29, 0.717) is 23.5 Å². The number of nitrogens with zero attached hydrogens (tertiary/aromatic N) is 1. The maximum absolute atomic E-state index is 12.5. The van der Waals surface area contributed by atoms with E-state index in [-0.39, 0.29) is 5.56 Å². The van der Waals surface area contributed by atoms with E-state index in [1.54, 1.807) is 22.2 Å². The molecule has 2 rings (SSSR count). The van der Waals surface area contributed by atoms with E-state index in [1.165, 1.54) is 0 Å². The highest BCUT2D eigenvalue weighted by molar-refractivity contribution is 7.84. The largest absolute Gasteiger partial charge is 0.323 e. The third-order valence-corrected chi connectivity index (χ3v) is 5.43. The Labute approximate surface area is 122 Å². The number of aromatic nitrogens is 2. The molecule has 0 bridgehead atoms. The zero-order chi connectivity index (χ0) is 14.2. The minimum Gasteiger partial charge on any atom is -0.323 e. The number of aromatic amines is 1. The Morgan fingerprint density at radius 2 is 2.11 bits per heavy atom. The van der Waals surface area contributed by atoms with Crippen molar-refractivity contribution in [1.29, 1.82) is 0 Å². The number of hydrogen-bond donors (Lipinski definition) is 1. The van der Waals surface area contributed by atoms with Crippen LogP contribution in [0.5, 0.6) is 0 Å². The van der Waals surface area contributed by atoms with Crippen molar-refractivity contribution in [3.8, 4) is 0 Å². The Kier molecular flexibility index (Phi) is 4.37. The first-order valence-corrected chi connectivity index (χ1v) is 8.90. The second-order valence-electron chi connectivity index (χ2n) is 4.51. The van der Waals surface area contributed by atoms with Crippen LogP contribution < -0.4 is 5.56 Å². The Morgan fingerprint density at radius 1 is 1.42 bits per heavy atom. The second-order valence-corrected chi connectivity index (χ2v) is 7.67. The van der Waals surface area contributed by atoms with Crippen molar-refractivity contribution < 1.29 is 4.21 Å². The van der Waals surface area contributed by atoms with Crippen LogP contribution in [0.1, 0.15) is 16.9 Å². The molecule has 19 heavy (non-hydrogen) atoms. The van der Waals surface area contributed by atoms with Gasteiger partial charge in [0, 0.05) is 34.2 Å². The van der Waals surface area contributed by atoms with Crippen molar-refractivity contribution in [1.82, 2.24) is 9.55 Å². The monoisotopic (exact) mass is 316 g/mol. The summed E-state index contributed by atoms with van der Waals surface area (Å²) in [5, 5.41) is 0.730.